The van der Waals surface area contributed by atoms with Crippen molar-refractivity contribution in [2.24, 2.45) is 5.92 Å². The Hall–Kier alpha value is -0.910. The van der Waals surface area contributed by atoms with Crippen molar-refractivity contribution in [3.05, 3.63) is 69.7 Å². The average molecular weight is 460 g/mol. The molecule has 0 aromatic heterocycles. The molecule has 3 atom stereocenters. The number of ether oxygens (including phenoxy) is 2. The Kier molecular flexibility index (Phi) is 9.09. The number of alkyl halides is 1. The Morgan fingerprint density at radius 1 is 0.962 bits per heavy atom. The van der Waals surface area contributed by atoms with Crippen LogP contribution in [0.4, 0.5) is 0 Å². The van der Waals surface area contributed by atoms with E-state index in [1.807, 2.05) is 55.5 Å². The summed E-state index contributed by atoms with van der Waals surface area (Å²) in [6, 6.07) is 15.0. The van der Waals surface area contributed by atoms with E-state index >= 15 is 0 Å². The van der Waals surface area contributed by atoms with Crippen molar-refractivity contribution in [2.45, 2.75) is 31.1 Å². The van der Waals surface area contributed by atoms with Crippen LogP contribution in [-0.2, 0) is 27.5 Å². The topological polar surface area (TPSA) is 35.5 Å². The minimum atomic E-state index is -0.298. The van der Waals surface area contributed by atoms with Crippen LogP contribution in [0.3, 0.4) is 0 Å². The number of hydrogen-bond donors (Lipinski definition) is 0. The Morgan fingerprint density at radius 3 is 1.96 bits per heavy atom. The second kappa shape index (κ2) is 11.1. The predicted octanol–water partition coefficient (Wildman–Crippen LogP) is 5.69. The van der Waals surface area contributed by atoms with Gasteiger partial charge in [0.05, 0.1) is 30.8 Å². The molecule has 0 heterocycles. The van der Waals surface area contributed by atoms with Crippen LogP contribution in [0.15, 0.2) is 48.5 Å². The molecule has 0 spiro atoms. The van der Waals surface area contributed by atoms with Crippen molar-refractivity contribution in [2.75, 3.05) is 6.61 Å². The van der Waals surface area contributed by atoms with E-state index in [0.717, 1.165) is 17.4 Å². The van der Waals surface area contributed by atoms with Gasteiger partial charge in [0.2, 0.25) is 0 Å². The Labute approximate surface area is 172 Å². The molecule has 2 aromatic rings. The lowest BCUT2D eigenvalue weighted by Crippen LogP contribution is -2.35. The molecule has 0 radical (unpaired) electrons. The smallest absolute Gasteiger partial charge is 0.125 e. The highest BCUT2D eigenvalue weighted by molar-refractivity contribution is 9.09. The zero-order chi connectivity index (χ0) is 18.9. The highest BCUT2D eigenvalue weighted by Crippen LogP contribution is 2.21. The third kappa shape index (κ3) is 7.01. The summed E-state index contributed by atoms with van der Waals surface area (Å²) in [6.07, 6.45) is 0.605. The fourth-order valence-corrected chi connectivity index (χ4v) is 3.47. The molecule has 0 saturated carbocycles. The Balaban J connectivity index is 1.86. The van der Waals surface area contributed by atoms with Gasteiger partial charge in [0.25, 0.3) is 0 Å². The van der Waals surface area contributed by atoms with E-state index in [1.54, 1.807) is 0 Å². The normalized spacial score (nSPS) is 14.6. The summed E-state index contributed by atoms with van der Waals surface area (Å²) in [5, 5.41) is 1.38. The van der Waals surface area contributed by atoms with Gasteiger partial charge in [-0.1, -0.05) is 70.3 Å². The van der Waals surface area contributed by atoms with Crippen LogP contribution in [0.2, 0.25) is 10.0 Å². The molecule has 0 amide bonds. The van der Waals surface area contributed by atoms with Crippen LogP contribution in [-0.4, -0.2) is 23.8 Å². The molecule has 3 nitrogen and oxygen atoms in total. The van der Waals surface area contributed by atoms with Crippen molar-refractivity contribution < 1.29 is 14.3 Å². The highest BCUT2D eigenvalue weighted by Gasteiger charge is 2.26. The van der Waals surface area contributed by atoms with E-state index < -0.39 is 0 Å². The highest BCUT2D eigenvalue weighted by atomic mass is 79.9. The van der Waals surface area contributed by atoms with Crippen molar-refractivity contribution in [3.63, 3.8) is 0 Å². The van der Waals surface area contributed by atoms with E-state index in [4.69, 9.17) is 32.7 Å². The summed E-state index contributed by atoms with van der Waals surface area (Å²) in [7, 11) is 0. The quantitative estimate of drug-likeness (QED) is 0.338. The number of benzene rings is 2. The van der Waals surface area contributed by atoms with Gasteiger partial charge >= 0.3 is 0 Å². The van der Waals surface area contributed by atoms with Crippen LogP contribution in [0.5, 0.6) is 0 Å². The Morgan fingerprint density at radius 2 is 1.46 bits per heavy atom. The minimum Gasteiger partial charge on any atom is -0.376 e. The van der Waals surface area contributed by atoms with Gasteiger partial charge in [-0.2, -0.15) is 0 Å². The fraction of sp³-hybridized carbons (Fsp3) is 0.350. The lowest BCUT2D eigenvalue weighted by atomic mass is 10.0. The number of hydrogen-bond acceptors (Lipinski definition) is 3. The maximum absolute atomic E-state index is 11.3. The molecule has 0 aliphatic rings. The lowest BCUT2D eigenvalue weighted by molar-refractivity contribution is -0.116. The molecule has 0 fully saturated rings. The molecule has 6 heteroatoms. The third-order valence-corrected chi connectivity index (χ3v) is 5.19. The summed E-state index contributed by atoms with van der Waals surface area (Å²) >= 11 is 15.4. The number of carbonyl (C=O) groups excluding carboxylic acids is 1. The van der Waals surface area contributed by atoms with Gasteiger partial charge in [-0.25, -0.2) is 0 Å². The SMILES string of the molecule is C[C@H](C=O)[C@H](OCc1ccc(Cl)cc1)[C@@H](Br)COCc1ccc(Cl)cc1. The molecule has 2 rings (SSSR count). The average Bonchev–Trinajstić information content (AvgIpc) is 2.64. The molecular weight excluding hydrogens is 439 g/mol. The van der Waals surface area contributed by atoms with Crippen molar-refractivity contribution in [1.29, 1.82) is 0 Å². The van der Waals surface area contributed by atoms with Crippen LogP contribution in [0, 0.1) is 5.92 Å². The van der Waals surface area contributed by atoms with Gasteiger partial charge < -0.3 is 14.3 Å². The molecule has 2 aromatic carbocycles. The first kappa shape index (κ1) is 21.4. The predicted molar refractivity (Wildman–Crippen MR) is 109 cm³/mol. The number of aldehydes is 1. The maximum atomic E-state index is 11.3. The van der Waals surface area contributed by atoms with Crippen LogP contribution < -0.4 is 0 Å². The zero-order valence-corrected chi connectivity index (χ0v) is 17.5. The summed E-state index contributed by atoms with van der Waals surface area (Å²) < 4.78 is 11.7. The molecule has 26 heavy (non-hydrogen) atoms. The van der Waals surface area contributed by atoms with Gasteiger partial charge in [0.15, 0.2) is 0 Å². The summed E-state index contributed by atoms with van der Waals surface area (Å²) in [5.41, 5.74) is 2.04. The summed E-state index contributed by atoms with van der Waals surface area (Å²) in [4.78, 5) is 11.2. The number of rotatable bonds is 10. The van der Waals surface area contributed by atoms with Gasteiger partial charge in [0.1, 0.15) is 6.29 Å². The monoisotopic (exact) mass is 458 g/mol. The Bertz CT molecular complexity index is 676. The molecule has 140 valence electrons. The first-order chi connectivity index (χ1) is 12.5. The van der Waals surface area contributed by atoms with Crippen LogP contribution in [0.25, 0.3) is 0 Å². The fourth-order valence-electron chi connectivity index (χ4n) is 2.40. The van der Waals surface area contributed by atoms with E-state index in [2.05, 4.69) is 15.9 Å². The van der Waals surface area contributed by atoms with Gasteiger partial charge in [-0.3, -0.25) is 0 Å². The second-order valence-electron chi connectivity index (χ2n) is 6.05. The molecule has 0 unspecified atom stereocenters. The molecule has 0 saturated heterocycles. The van der Waals surface area contributed by atoms with Crippen molar-refractivity contribution >= 4 is 45.4 Å². The van der Waals surface area contributed by atoms with Crippen molar-refractivity contribution in [1.82, 2.24) is 0 Å². The largest absolute Gasteiger partial charge is 0.376 e. The number of halogens is 3. The first-order valence-electron chi connectivity index (χ1n) is 8.27. The molecular formula is C20H21BrCl2O3. The molecule has 0 aliphatic carbocycles. The van der Waals surface area contributed by atoms with E-state index in [-0.39, 0.29) is 16.8 Å². The summed E-state index contributed by atoms with van der Waals surface area (Å²) in [6.45, 7) is 3.14. The molecule has 0 aliphatic heterocycles. The molecule has 0 N–H and O–H groups in total. The van der Waals surface area contributed by atoms with Crippen molar-refractivity contribution in [3.8, 4) is 0 Å². The summed E-state index contributed by atoms with van der Waals surface area (Å²) in [5.74, 6) is -0.259. The number of carbonyl (C=O) groups is 1. The minimum absolute atomic E-state index is 0.109. The zero-order valence-electron chi connectivity index (χ0n) is 14.4. The van der Waals surface area contributed by atoms with E-state index in [1.165, 1.54) is 0 Å². The molecule has 0 bridgehead atoms. The maximum Gasteiger partial charge on any atom is 0.125 e. The van der Waals surface area contributed by atoms with Crippen LogP contribution >= 0.6 is 39.1 Å². The second-order valence-corrected chi connectivity index (χ2v) is 8.10. The van der Waals surface area contributed by atoms with Gasteiger partial charge in [0, 0.05) is 16.0 Å². The van der Waals surface area contributed by atoms with E-state index in [0.29, 0.717) is 29.9 Å². The lowest BCUT2D eigenvalue weighted by Gasteiger charge is -2.26. The van der Waals surface area contributed by atoms with Crippen LogP contribution in [0.1, 0.15) is 18.1 Å². The van der Waals surface area contributed by atoms with E-state index in [9.17, 15) is 4.79 Å². The third-order valence-electron chi connectivity index (χ3n) is 3.90. The first-order valence-corrected chi connectivity index (χ1v) is 9.94. The van der Waals surface area contributed by atoms with Gasteiger partial charge in [-0.05, 0) is 35.4 Å². The standard InChI is InChI=1S/C20H21BrCl2O3/c1-14(10-24)20(26-12-16-4-8-18(23)9-5-16)19(21)13-25-11-15-2-6-17(22)7-3-15/h2-10,14,19-20H,11-13H2,1H3/t14-,19+,20+/m1/s1. The van der Waals surface area contributed by atoms with Gasteiger partial charge in [-0.15, -0.1) is 0 Å².